The molecule has 0 radical (unpaired) electrons. The number of aromatic nitrogens is 1. The highest BCUT2D eigenvalue weighted by molar-refractivity contribution is 6.32. The van der Waals surface area contributed by atoms with Crippen molar-refractivity contribution in [2.75, 3.05) is 38.1 Å². The normalized spacial score (nSPS) is 17.8. The number of halogens is 1. The third-order valence-corrected chi connectivity index (χ3v) is 3.19. The summed E-state index contributed by atoms with van der Waals surface area (Å²) in [6.07, 6.45) is 0. The lowest BCUT2D eigenvalue weighted by molar-refractivity contribution is 0.312. The largest absolute Gasteiger partial charge is 0.353 e. The van der Waals surface area contributed by atoms with Gasteiger partial charge in [0.1, 0.15) is 5.82 Å². The van der Waals surface area contributed by atoms with Crippen LogP contribution in [0.4, 0.5) is 5.82 Å². The fraction of sp³-hybridized carbons (Fsp3) is 0.545. The monoisotopic (exact) mass is 240 g/mol. The number of hydrogen-bond donors (Lipinski definition) is 1. The highest BCUT2D eigenvalue weighted by atomic mass is 35.5. The summed E-state index contributed by atoms with van der Waals surface area (Å²) in [6.45, 7) is 4.49. The summed E-state index contributed by atoms with van der Waals surface area (Å²) in [5.74, 6) is 0.873. The van der Waals surface area contributed by atoms with Gasteiger partial charge in [0.2, 0.25) is 0 Å². The van der Waals surface area contributed by atoms with Gasteiger partial charge in [0, 0.05) is 32.7 Å². The van der Waals surface area contributed by atoms with Crippen LogP contribution in [-0.4, -0.2) is 43.1 Å². The summed E-state index contributed by atoms with van der Waals surface area (Å²) in [5, 5.41) is 0.710. The van der Waals surface area contributed by atoms with Crippen LogP contribution in [0.3, 0.4) is 0 Å². The Morgan fingerprint density at radius 2 is 2.00 bits per heavy atom. The Kier molecular flexibility index (Phi) is 3.63. The molecule has 88 valence electrons. The van der Waals surface area contributed by atoms with Crippen LogP contribution in [0.2, 0.25) is 5.02 Å². The van der Waals surface area contributed by atoms with E-state index in [1.807, 2.05) is 12.1 Å². The molecule has 0 aromatic carbocycles. The molecule has 2 heterocycles. The van der Waals surface area contributed by atoms with Crippen LogP contribution in [0, 0.1) is 0 Å². The van der Waals surface area contributed by atoms with Crippen LogP contribution in [-0.2, 0) is 6.54 Å². The first-order valence-corrected chi connectivity index (χ1v) is 5.87. The quantitative estimate of drug-likeness (QED) is 0.836. The van der Waals surface area contributed by atoms with Crippen LogP contribution >= 0.6 is 11.6 Å². The van der Waals surface area contributed by atoms with Crippen molar-refractivity contribution in [2.24, 2.45) is 5.73 Å². The highest BCUT2D eigenvalue weighted by Crippen LogP contribution is 2.24. The lowest BCUT2D eigenvalue weighted by Gasteiger charge is -2.33. The maximum atomic E-state index is 6.16. The summed E-state index contributed by atoms with van der Waals surface area (Å²) < 4.78 is 0. The summed E-state index contributed by atoms with van der Waals surface area (Å²) >= 11 is 6.16. The molecule has 0 bridgehead atoms. The van der Waals surface area contributed by atoms with Gasteiger partial charge in [-0.05, 0) is 19.2 Å². The molecular formula is C11H17ClN4. The second kappa shape index (κ2) is 4.99. The Labute approximate surface area is 101 Å². The van der Waals surface area contributed by atoms with Gasteiger partial charge in [-0.2, -0.15) is 0 Å². The predicted molar refractivity (Wildman–Crippen MR) is 66.8 cm³/mol. The van der Waals surface area contributed by atoms with Crippen molar-refractivity contribution < 1.29 is 0 Å². The number of nitrogens with two attached hydrogens (primary N) is 1. The molecule has 1 aromatic rings. The van der Waals surface area contributed by atoms with Gasteiger partial charge in [0.25, 0.3) is 0 Å². The molecule has 1 saturated heterocycles. The lowest BCUT2D eigenvalue weighted by Crippen LogP contribution is -2.45. The fourth-order valence-electron chi connectivity index (χ4n) is 1.82. The molecule has 1 aliphatic heterocycles. The molecule has 2 rings (SSSR count). The summed E-state index contributed by atoms with van der Waals surface area (Å²) in [6, 6.07) is 3.76. The number of anilines is 1. The first kappa shape index (κ1) is 11.6. The van der Waals surface area contributed by atoms with E-state index in [4.69, 9.17) is 17.3 Å². The van der Waals surface area contributed by atoms with Crippen LogP contribution in [0.25, 0.3) is 0 Å². The van der Waals surface area contributed by atoms with E-state index in [1.165, 1.54) is 0 Å². The number of nitrogens with zero attached hydrogens (tertiary/aromatic N) is 3. The molecule has 0 amide bonds. The van der Waals surface area contributed by atoms with Crippen molar-refractivity contribution in [3.05, 3.63) is 22.8 Å². The van der Waals surface area contributed by atoms with Crippen LogP contribution in [0.15, 0.2) is 12.1 Å². The molecule has 0 unspecified atom stereocenters. The molecule has 5 heteroatoms. The zero-order chi connectivity index (χ0) is 11.5. The molecule has 1 fully saturated rings. The van der Waals surface area contributed by atoms with Crippen LogP contribution < -0.4 is 10.6 Å². The van der Waals surface area contributed by atoms with Crippen molar-refractivity contribution in [1.29, 1.82) is 0 Å². The number of likely N-dealkylation sites (N-methyl/N-ethyl adjacent to an activating group) is 1. The lowest BCUT2D eigenvalue weighted by atomic mass is 10.3. The molecular weight excluding hydrogens is 224 g/mol. The minimum atomic E-state index is 0.456. The van der Waals surface area contributed by atoms with Crippen molar-refractivity contribution in [3.63, 3.8) is 0 Å². The standard InChI is InChI=1S/C11H17ClN4/c1-15-4-6-16(7-5-15)11-10(12)3-2-9(8-13)14-11/h2-3H,4-8,13H2,1H3. The zero-order valence-corrected chi connectivity index (χ0v) is 10.2. The smallest absolute Gasteiger partial charge is 0.147 e. The second-order valence-corrected chi connectivity index (χ2v) is 4.51. The molecule has 4 nitrogen and oxygen atoms in total. The zero-order valence-electron chi connectivity index (χ0n) is 9.49. The van der Waals surface area contributed by atoms with E-state index in [0.29, 0.717) is 11.6 Å². The molecule has 0 atom stereocenters. The molecule has 0 saturated carbocycles. The van der Waals surface area contributed by atoms with E-state index < -0.39 is 0 Å². The molecule has 16 heavy (non-hydrogen) atoms. The third kappa shape index (κ3) is 2.45. The second-order valence-electron chi connectivity index (χ2n) is 4.10. The van der Waals surface area contributed by atoms with Crippen molar-refractivity contribution >= 4 is 17.4 Å². The van der Waals surface area contributed by atoms with E-state index in [9.17, 15) is 0 Å². The summed E-state index contributed by atoms with van der Waals surface area (Å²) in [7, 11) is 2.13. The molecule has 2 N–H and O–H groups in total. The predicted octanol–water partition coefficient (Wildman–Crippen LogP) is 0.946. The van der Waals surface area contributed by atoms with Gasteiger partial charge in [0.05, 0.1) is 10.7 Å². The SMILES string of the molecule is CN1CCN(c2nc(CN)ccc2Cl)CC1. The molecule has 0 spiro atoms. The minimum Gasteiger partial charge on any atom is -0.353 e. The highest BCUT2D eigenvalue weighted by Gasteiger charge is 2.17. The van der Waals surface area contributed by atoms with E-state index in [1.54, 1.807) is 0 Å². The average molecular weight is 241 g/mol. The molecule has 1 aromatic heterocycles. The fourth-order valence-corrected chi connectivity index (χ4v) is 2.05. The van der Waals surface area contributed by atoms with Gasteiger partial charge >= 0.3 is 0 Å². The van der Waals surface area contributed by atoms with Gasteiger partial charge in [-0.3, -0.25) is 0 Å². The molecule has 0 aliphatic carbocycles. The van der Waals surface area contributed by atoms with Gasteiger partial charge < -0.3 is 15.5 Å². The van der Waals surface area contributed by atoms with Crippen LogP contribution in [0.5, 0.6) is 0 Å². The number of pyridine rings is 1. The van der Waals surface area contributed by atoms with E-state index >= 15 is 0 Å². The average Bonchev–Trinajstić information content (AvgIpc) is 2.31. The van der Waals surface area contributed by atoms with E-state index in [0.717, 1.165) is 37.7 Å². The Bertz CT molecular complexity index is 361. The first-order valence-electron chi connectivity index (χ1n) is 5.49. The van der Waals surface area contributed by atoms with Gasteiger partial charge in [-0.25, -0.2) is 4.98 Å². The van der Waals surface area contributed by atoms with E-state index in [-0.39, 0.29) is 0 Å². The molecule has 1 aliphatic rings. The maximum absolute atomic E-state index is 6.16. The Morgan fingerprint density at radius 3 is 2.62 bits per heavy atom. The van der Waals surface area contributed by atoms with Gasteiger partial charge in [0.15, 0.2) is 0 Å². The topological polar surface area (TPSA) is 45.4 Å². The van der Waals surface area contributed by atoms with Crippen molar-refractivity contribution in [1.82, 2.24) is 9.88 Å². The Morgan fingerprint density at radius 1 is 1.31 bits per heavy atom. The number of piperazine rings is 1. The number of rotatable bonds is 2. The van der Waals surface area contributed by atoms with Crippen molar-refractivity contribution in [2.45, 2.75) is 6.54 Å². The first-order chi connectivity index (χ1) is 7.70. The Balaban J connectivity index is 2.19. The minimum absolute atomic E-state index is 0.456. The summed E-state index contributed by atoms with van der Waals surface area (Å²) in [5.41, 5.74) is 6.48. The Hall–Kier alpha value is -0.840. The van der Waals surface area contributed by atoms with Gasteiger partial charge in [-0.1, -0.05) is 11.6 Å². The summed E-state index contributed by atoms with van der Waals surface area (Å²) in [4.78, 5) is 9.02. The van der Waals surface area contributed by atoms with Gasteiger partial charge in [-0.15, -0.1) is 0 Å². The van der Waals surface area contributed by atoms with E-state index in [2.05, 4.69) is 21.8 Å². The third-order valence-electron chi connectivity index (χ3n) is 2.90. The van der Waals surface area contributed by atoms with Crippen molar-refractivity contribution in [3.8, 4) is 0 Å². The maximum Gasteiger partial charge on any atom is 0.147 e. The number of hydrogen-bond acceptors (Lipinski definition) is 4. The van der Waals surface area contributed by atoms with Crippen LogP contribution in [0.1, 0.15) is 5.69 Å².